The molecule has 0 aliphatic carbocycles. The molecule has 1 amide bonds. The molecule has 1 aromatic heterocycles. The number of anilines is 1. The predicted octanol–water partition coefficient (Wildman–Crippen LogP) is 6.40. The zero-order valence-corrected chi connectivity index (χ0v) is 19.6. The SMILES string of the molecule is CC(OC(=O)Nc1cnncc1-c1ccc(-c2ccc(CC(=O)O)cc2)cc1)c1ccccc1Cl. The number of amides is 1. The number of halogens is 1. The molecule has 0 bridgehead atoms. The van der Waals surface area contributed by atoms with Crippen LogP contribution in [0.25, 0.3) is 22.3 Å². The van der Waals surface area contributed by atoms with Gasteiger partial charge in [-0.15, -0.1) is 0 Å². The number of aromatic nitrogens is 2. The lowest BCUT2D eigenvalue weighted by Crippen LogP contribution is -2.17. The van der Waals surface area contributed by atoms with Crippen molar-refractivity contribution in [3.63, 3.8) is 0 Å². The summed E-state index contributed by atoms with van der Waals surface area (Å²) >= 11 is 6.20. The van der Waals surface area contributed by atoms with E-state index in [0.717, 1.165) is 22.3 Å². The van der Waals surface area contributed by atoms with Crippen LogP contribution in [0.15, 0.2) is 85.2 Å². The molecule has 2 N–H and O–H groups in total. The summed E-state index contributed by atoms with van der Waals surface area (Å²) in [5.41, 5.74) is 5.37. The summed E-state index contributed by atoms with van der Waals surface area (Å²) in [5, 5.41) is 20.0. The van der Waals surface area contributed by atoms with Gasteiger partial charge >= 0.3 is 12.1 Å². The van der Waals surface area contributed by atoms with Crippen molar-refractivity contribution in [1.29, 1.82) is 0 Å². The van der Waals surface area contributed by atoms with E-state index in [1.807, 2.05) is 48.5 Å². The minimum atomic E-state index is -0.861. The van der Waals surface area contributed by atoms with Crippen LogP contribution in [0, 0.1) is 0 Å². The molecule has 0 spiro atoms. The van der Waals surface area contributed by atoms with Crippen LogP contribution < -0.4 is 5.32 Å². The maximum Gasteiger partial charge on any atom is 0.412 e. The number of carbonyl (C=O) groups excluding carboxylic acids is 1. The number of rotatable bonds is 7. The van der Waals surface area contributed by atoms with Gasteiger partial charge in [0.05, 0.1) is 24.5 Å². The van der Waals surface area contributed by atoms with Gasteiger partial charge in [-0.2, -0.15) is 10.2 Å². The Bertz CT molecular complexity index is 1340. The first-order valence-electron chi connectivity index (χ1n) is 10.8. The van der Waals surface area contributed by atoms with Gasteiger partial charge in [0.2, 0.25) is 0 Å². The lowest BCUT2D eigenvalue weighted by molar-refractivity contribution is -0.136. The first kappa shape index (κ1) is 23.9. The Labute approximate surface area is 207 Å². The van der Waals surface area contributed by atoms with Crippen LogP contribution in [0.4, 0.5) is 10.5 Å². The van der Waals surface area contributed by atoms with Crippen LogP contribution in [-0.4, -0.2) is 27.4 Å². The Kier molecular flexibility index (Phi) is 7.38. The van der Waals surface area contributed by atoms with E-state index in [2.05, 4.69) is 15.5 Å². The number of benzene rings is 3. The highest BCUT2D eigenvalue weighted by molar-refractivity contribution is 6.31. The maximum atomic E-state index is 12.6. The zero-order chi connectivity index (χ0) is 24.8. The van der Waals surface area contributed by atoms with Gasteiger partial charge in [0.1, 0.15) is 6.10 Å². The number of hydrogen-bond donors (Lipinski definition) is 2. The molecule has 4 rings (SSSR count). The van der Waals surface area contributed by atoms with E-state index in [4.69, 9.17) is 21.4 Å². The number of ether oxygens (including phenoxy) is 1. The molecular formula is C27H22ClN3O4. The van der Waals surface area contributed by atoms with Crippen molar-refractivity contribution in [3.8, 4) is 22.3 Å². The minimum Gasteiger partial charge on any atom is -0.481 e. The number of aliphatic carboxylic acids is 1. The molecule has 3 aromatic carbocycles. The first-order chi connectivity index (χ1) is 16.9. The molecule has 176 valence electrons. The van der Waals surface area contributed by atoms with Gasteiger partial charge in [-0.3, -0.25) is 10.1 Å². The Morgan fingerprint density at radius 1 is 0.914 bits per heavy atom. The van der Waals surface area contributed by atoms with Crippen molar-refractivity contribution in [2.45, 2.75) is 19.4 Å². The van der Waals surface area contributed by atoms with Crippen LogP contribution in [0.1, 0.15) is 24.2 Å². The second kappa shape index (κ2) is 10.8. The summed E-state index contributed by atoms with van der Waals surface area (Å²) < 4.78 is 5.50. The Morgan fingerprint density at radius 3 is 2.17 bits per heavy atom. The van der Waals surface area contributed by atoms with Gasteiger partial charge in [0, 0.05) is 16.1 Å². The molecule has 0 saturated heterocycles. The number of nitrogens with zero attached hydrogens (tertiary/aromatic N) is 2. The van der Waals surface area contributed by atoms with E-state index in [0.29, 0.717) is 21.8 Å². The van der Waals surface area contributed by atoms with Crippen molar-refractivity contribution in [2.75, 3.05) is 5.32 Å². The summed E-state index contributed by atoms with van der Waals surface area (Å²) in [5.74, 6) is -0.861. The molecule has 1 atom stereocenters. The molecule has 0 saturated carbocycles. The number of hydrogen-bond acceptors (Lipinski definition) is 5. The Balaban J connectivity index is 1.48. The van der Waals surface area contributed by atoms with Gasteiger partial charge in [0.15, 0.2) is 0 Å². The largest absolute Gasteiger partial charge is 0.481 e. The zero-order valence-electron chi connectivity index (χ0n) is 18.8. The van der Waals surface area contributed by atoms with Gasteiger partial charge < -0.3 is 9.84 Å². The molecule has 7 nitrogen and oxygen atoms in total. The van der Waals surface area contributed by atoms with Gasteiger partial charge in [-0.25, -0.2) is 4.79 Å². The van der Waals surface area contributed by atoms with Crippen LogP contribution in [0.2, 0.25) is 5.02 Å². The quantitative estimate of drug-likeness (QED) is 0.312. The average Bonchev–Trinajstić information content (AvgIpc) is 2.85. The van der Waals surface area contributed by atoms with E-state index in [-0.39, 0.29) is 6.42 Å². The molecule has 1 unspecified atom stereocenters. The van der Waals surface area contributed by atoms with Crippen LogP contribution in [0.3, 0.4) is 0 Å². The molecule has 35 heavy (non-hydrogen) atoms. The molecule has 0 radical (unpaired) electrons. The highest BCUT2D eigenvalue weighted by Gasteiger charge is 2.16. The fourth-order valence-electron chi connectivity index (χ4n) is 3.65. The summed E-state index contributed by atoms with van der Waals surface area (Å²) in [4.78, 5) is 23.4. The minimum absolute atomic E-state index is 0.0103. The van der Waals surface area contributed by atoms with Gasteiger partial charge in [-0.1, -0.05) is 78.3 Å². The molecule has 0 fully saturated rings. The predicted molar refractivity (Wildman–Crippen MR) is 134 cm³/mol. The summed E-state index contributed by atoms with van der Waals surface area (Å²) in [6.45, 7) is 1.75. The second-order valence-electron chi connectivity index (χ2n) is 7.86. The monoisotopic (exact) mass is 487 g/mol. The highest BCUT2D eigenvalue weighted by Crippen LogP contribution is 2.30. The highest BCUT2D eigenvalue weighted by atomic mass is 35.5. The number of nitrogens with one attached hydrogen (secondary N) is 1. The second-order valence-corrected chi connectivity index (χ2v) is 8.26. The van der Waals surface area contributed by atoms with Gasteiger partial charge in [-0.05, 0) is 35.2 Å². The number of carboxylic acids is 1. The lowest BCUT2D eigenvalue weighted by Gasteiger charge is -2.16. The summed E-state index contributed by atoms with van der Waals surface area (Å²) in [6, 6.07) is 22.3. The van der Waals surface area contributed by atoms with E-state index in [1.54, 1.807) is 37.4 Å². The molecule has 4 aromatic rings. The van der Waals surface area contributed by atoms with E-state index in [9.17, 15) is 9.59 Å². The lowest BCUT2D eigenvalue weighted by atomic mass is 9.99. The normalized spacial score (nSPS) is 11.5. The van der Waals surface area contributed by atoms with Crippen molar-refractivity contribution >= 4 is 29.4 Å². The molecule has 0 aliphatic heterocycles. The average molecular weight is 488 g/mol. The fraction of sp³-hybridized carbons (Fsp3) is 0.111. The van der Waals surface area contributed by atoms with Crippen molar-refractivity contribution < 1.29 is 19.4 Å². The third-order valence-electron chi connectivity index (χ3n) is 5.43. The third kappa shape index (κ3) is 6.02. The van der Waals surface area contributed by atoms with E-state index < -0.39 is 18.2 Å². The fourth-order valence-corrected chi connectivity index (χ4v) is 3.94. The van der Waals surface area contributed by atoms with Gasteiger partial charge in [0.25, 0.3) is 0 Å². The molecule has 1 heterocycles. The van der Waals surface area contributed by atoms with Crippen LogP contribution in [0.5, 0.6) is 0 Å². The van der Waals surface area contributed by atoms with E-state index in [1.165, 1.54) is 6.20 Å². The van der Waals surface area contributed by atoms with Crippen molar-refractivity contribution in [1.82, 2.24) is 10.2 Å². The molecular weight excluding hydrogens is 466 g/mol. The smallest absolute Gasteiger partial charge is 0.412 e. The van der Waals surface area contributed by atoms with E-state index >= 15 is 0 Å². The topological polar surface area (TPSA) is 101 Å². The van der Waals surface area contributed by atoms with Crippen LogP contribution >= 0.6 is 11.6 Å². The Hall–Kier alpha value is -4.23. The molecule has 0 aliphatic rings. The number of carbonyl (C=O) groups is 2. The first-order valence-corrected chi connectivity index (χ1v) is 11.2. The third-order valence-corrected chi connectivity index (χ3v) is 5.78. The molecule has 8 heteroatoms. The summed E-state index contributed by atoms with van der Waals surface area (Å²) in [7, 11) is 0. The Morgan fingerprint density at radius 2 is 1.51 bits per heavy atom. The van der Waals surface area contributed by atoms with Crippen molar-refractivity contribution in [3.05, 3.63) is 101 Å². The standard InChI is InChI=1S/C27H22ClN3O4/c1-17(22-4-2-3-5-24(22)28)35-27(34)31-25-16-30-29-15-23(25)21-12-10-20(11-13-21)19-8-6-18(7-9-19)14-26(32)33/h2-13,15-17H,14H2,1H3,(H,32,33)(H,29,31,34). The number of carboxylic acid groups (broad SMARTS) is 1. The summed E-state index contributed by atoms with van der Waals surface area (Å²) in [6.07, 6.45) is 1.85. The van der Waals surface area contributed by atoms with Crippen LogP contribution in [-0.2, 0) is 16.0 Å². The van der Waals surface area contributed by atoms with Crippen molar-refractivity contribution in [2.24, 2.45) is 0 Å². The maximum absolute atomic E-state index is 12.6.